The molecule has 0 bridgehead atoms. The topological polar surface area (TPSA) is 105 Å². The van der Waals surface area contributed by atoms with Crippen molar-refractivity contribution in [3.63, 3.8) is 0 Å². The molecule has 0 radical (unpaired) electrons. The molecule has 1 aromatic carbocycles. The smallest absolute Gasteiger partial charge is 0.297 e. The van der Waals surface area contributed by atoms with Gasteiger partial charge < -0.3 is 10.4 Å². The Hall–Kier alpha value is -2.78. The maximum Gasteiger partial charge on any atom is 0.297 e. The second-order valence-corrected chi connectivity index (χ2v) is 5.74. The van der Waals surface area contributed by atoms with Crippen LogP contribution < -0.4 is 16.4 Å². The third-order valence-corrected chi connectivity index (χ3v) is 3.65. The van der Waals surface area contributed by atoms with E-state index in [1.165, 1.54) is 26.1 Å². The fourth-order valence-electron chi connectivity index (χ4n) is 2.24. The van der Waals surface area contributed by atoms with Crippen molar-refractivity contribution >= 4 is 17.3 Å². The van der Waals surface area contributed by atoms with Crippen LogP contribution in [0, 0.1) is 19.7 Å². The van der Waals surface area contributed by atoms with E-state index in [1.807, 2.05) is 13.8 Å². The van der Waals surface area contributed by atoms with E-state index in [9.17, 15) is 14.0 Å². The molecule has 0 saturated carbocycles. The highest BCUT2D eigenvalue weighted by Gasteiger charge is 2.20. The number of aromatic nitrogens is 2. The molecular weight excluding hydrogens is 367 g/mol. The predicted octanol–water partition coefficient (Wildman–Crippen LogP) is 2.35. The summed E-state index contributed by atoms with van der Waals surface area (Å²) in [5.74, 6) is -1.22. The number of aryl methyl sites for hydroxylation is 2. The van der Waals surface area contributed by atoms with Crippen molar-refractivity contribution in [2.75, 3.05) is 18.5 Å². The summed E-state index contributed by atoms with van der Waals surface area (Å²) in [6, 6.07) is 4.55. The first-order valence-corrected chi connectivity index (χ1v) is 8.99. The maximum atomic E-state index is 14.2. The Labute approximate surface area is 163 Å². The number of carbonyl (C=O) groups is 1. The molecule has 154 valence electrons. The van der Waals surface area contributed by atoms with Gasteiger partial charge in [-0.2, -0.15) is 5.10 Å². The Balaban J connectivity index is 0.00000190. The molecule has 2 rings (SSSR count). The van der Waals surface area contributed by atoms with Gasteiger partial charge in [0.15, 0.2) is 5.69 Å². The quantitative estimate of drug-likeness (QED) is 0.492. The number of nitrogens with zero attached hydrogens (tertiary/aromatic N) is 2. The number of hydroxylamine groups is 1. The van der Waals surface area contributed by atoms with Crippen LogP contribution in [0.4, 0.5) is 15.8 Å². The van der Waals surface area contributed by atoms with Gasteiger partial charge in [0.1, 0.15) is 5.82 Å². The highest BCUT2D eigenvalue weighted by molar-refractivity contribution is 5.98. The van der Waals surface area contributed by atoms with Crippen molar-refractivity contribution in [2.24, 2.45) is 7.05 Å². The van der Waals surface area contributed by atoms with E-state index in [0.29, 0.717) is 6.42 Å². The van der Waals surface area contributed by atoms with Crippen LogP contribution in [0.5, 0.6) is 0 Å². The Bertz CT molecular complexity index is 868. The zero-order valence-electron chi connectivity index (χ0n) is 16.8. The molecule has 0 saturated heterocycles. The van der Waals surface area contributed by atoms with Crippen molar-refractivity contribution in [3.05, 3.63) is 51.2 Å². The van der Waals surface area contributed by atoms with Gasteiger partial charge in [-0.3, -0.25) is 14.4 Å². The lowest BCUT2D eigenvalue weighted by Crippen LogP contribution is -2.32. The average molecular weight is 394 g/mol. The van der Waals surface area contributed by atoms with E-state index in [4.69, 9.17) is 9.94 Å². The molecule has 0 aliphatic heterocycles. The summed E-state index contributed by atoms with van der Waals surface area (Å²) in [6.45, 7) is 7.30. The molecule has 0 aliphatic carbocycles. The third-order valence-electron chi connectivity index (χ3n) is 3.65. The molecule has 9 heteroatoms. The summed E-state index contributed by atoms with van der Waals surface area (Å²) in [4.78, 5) is 29.5. The van der Waals surface area contributed by atoms with Gasteiger partial charge in [0.05, 0.1) is 18.0 Å². The monoisotopic (exact) mass is 394 g/mol. The largest absolute Gasteiger partial charge is 0.396 e. The zero-order valence-corrected chi connectivity index (χ0v) is 16.8. The molecule has 0 atom stereocenters. The van der Waals surface area contributed by atoms with Crippen LogP contribution in [0.2, 0.25) is 0 Å². The van der Waals surface area contributed by atoms with Gasteiger partial charge >= 0.3 is 0 Å². The number of carbonyl (C=O) groups excluding carboxylic acids is 1. The molecule has 1 heterocycles. The minimum atomic E-state index is -0.698. The van der Waals surface area contributed by atoms with Gasteiger partial charge in [-0.15, -0.1) is 0 Å². The number of aliphatic hydroxyl groups is 1. The fourth-order valence-corrected chi connectivity index (χ4v) is 2.24. The van der Waals surface area contributed by atoms with Crippen molar-refractivity contribution in [1.29, 1.82) is 0 Å². The predicted molar refractivity (Wildman–Crippen MR) is 105 cm³/mol. The lowest BCUT2D eigenvalue weighted by atomic mass is 10.1. The van der Waals surface area contributed by atoms with E-state index in [-0.39, 0.29) is 35.8 Å². The van der Waals surface area contributed by atoms with Crippen molar-refractivity contribution in [2.45, 2.75) is 34.1 Å². The van der Waals surface area contributed by atoms with Gasteiger partial charge in [-0.25, -0.2) is 14.6 Å². The molecular formula is C19H27FN4O4. The molecule has 0 aliphatic rings. The second-order valence-electron chi connectivity index (χ2n) is 5.74. The van der Waals surface area contributed by atoms with E-state index in [2.05, 4.69) is 15.9 Å². The van der Waals surface area contributed by atoms with E-state index in [1.54, 1.807) is 13.0 Å². The molecule has 0 fully saturated rings. The van der Waals surface area contributed by atoms with Gasteiger partial charge in [-0.05, 0) is 38.0 Å². The molecule has 1 aromatic heterocycles. The molecule has 0 unspecified atom stereocenters. The Morgan fingerprint density at radius 3 is 2.61 bits per heavy atom. The third kappa shape index (κ3) is 5.86. The lowest BCUT2D eigenvalue weighted by Gasteiger charge is -2.15. The van der Waals surface area contributed by atoms with Crippen LogP contribution >= 0.6 is 0 Å². The van der Waals surface area contributed by atoms with Crippen LogP contribution in [-0.4, -0.2) is 34.0 Å². The van der Waals surface area contributed by atoms with E-state index < -0.39 is 17.3 Å². The first kappa shape index (κ1) is 23.3. The van der Waals surface area contributed by atoms with Crippen LogP contribution in [0.3, 0.4) is 0 Å². The number of hydrogen-bond donors (Lipinski definition) is 3. The zero-order chi connectivity index (χ0) is 21.3. The van der Waals surface area contributed by atoms with Gasteiger partial charge in [-0.1, -0.05) is 19.9 Å². The highest BCUT2D eigenvalue weighted by atomic mass is 19.1. The number of anilines is 2. The Morgan fingerprint density at radius 2 is 2.00 bits per heavy atom. The Morgan fingerprint density at radius 1 is 1.32 bits per heavy atom. The first-order valence-electron chi connectivity index (χ1n) is 8.99. The summed E-state index contributed by atoms with van der Waals surface area (Å²) in [6.07, 6.45) is 0.347. The number of benzene rings is 1. The Kier molecular flexibility index (Phi) is 9.26. The molecule has 1 amide bonds. The maximum absolute atomic E-state index is 14.2. The minimum absolute atomic E-state index is 0.0768. The summed E-state index contributed by atoms with van der Waals surface area (Å²) < 4.78 is 15.2. The number of amides is 1. The van der Waals surface area contributed by atoms with Crippen molar-refractivity contribution in [3.8, 4) is 0 Å². The van der Waals surface area contributed by atoms with Crippen LogP contribution in [-0.2, 0) is 11.9 Å². The number of halogens is 1. The highest BCUT2D eigenvalue weighted by Crippen LogP contribution is 2.24. The lowest BCUT2D eigenvalue weighted by molar-refractivity contribution is 0.0257. The normalized spacial score (nSPS) is 10.1. The standard InChI is InChI=1S/C17H21FN4O4.C2H6/c1-10-5-6-13(12(18)9-10)19-14-11(2)17(25)22(3)20-15(14)16(24)21-26-8-4-7-23;1-2/h5-6,9,19,23H,4,7-8H2,1-3H3,(H,21,24);1-2H3. The summed E-state index contributed by atoms with van der Waals surface area (Å²) in [5.41, 5.74) is 2.82. The molecule has 28 heavy (non-hydrogen) atoms. The van der Waals surface area contributed by atoms with Crippen LogP contribution in [0.1, 0.15) is 41.9 Å². The van der Waals surface area contributed by atoms with Crippen LogP contribution in [0.25, 0.3) is 0 Å². The molecule has 3 N–H and O–H groups in total. The SMILES string of the molecule is CC.Cc1ccc(Nc2c(C(=O)NOCCCO)nn(C)c(=O)c2C)c(F)c1. The number of rotatable bonds is 7. The summed E-state index contributed by atoms with van der Waals surface area (Å²) >= 11 is 0. The van der Waals surface area contributed by atoms with E-state index >= 15 is 0 Å². The minimum Gasteiger partial charge on any atom is -0.396 e. The second kappa shape index (κ2) is 11.2. The summed E-state index contributed by atoms with van der Waals surface area (Å²) in [7, 11) is 1.41. The average Bonchev–Trinajstić information content (AvgIpc) is 2.68. The van der Waals surface area contributed by atoms with E-state index in [0.717, 1.165) is 10.2 Å². The number of aliphatic hydroxyl groups excluding tert-OH is 1. The summed E-state index contributed by atoms with van der Waals surface area (Å²) in [5, 5.41) is 15.5. The number of nitrogens with one attached hydrogen (secondary N) is 2. The van der Waals surface area contributed by atoms with Gasteiger partial charge in [0.25, 0.3) is 11.5 Å². The van der Waals surface area contributed by atoms with Crippen LogP contribution in [0.15, 0.2) is 23.0 Å². The van der Waals surface area contributed by atoms with Gasteiger partial charge in [0, 0.05) is 19.2 Å². The molecule has 2 aromatic rings. The molecule has 0 spiro atoms. The van der Waals surface area contributed by atoms with Crippen molar-refractivity contribution < 1.29 is 19.1 Å². The molecule has 8 nitrogen and oxygen atoms in total. The van der Waals surface area contributed by atoms with Gasteiger partial charge in [0.2, 0.25) is 0 Å². The fraction of sp³-hybridized carbons (Fsp3) is 0.421. The number of hydrogen-bond acceptors (Lipinski definition) is 6. The first-order chi connectivity index (χ1) is 13.3. The van der Waals surface area contributed by atoms with Crippen molar-refractivity contribution in [1.82, 2.24) is 15.3 Å².